The molecule has 2 heterocycles. The van der Waals surface area contributed by atoms with Gasteiger partial charge in [0.25, 0.3) is 0 Å². The van der Waals surface area contributed by atoms with Crippen molar-refractivity contribution in [2.45, 2.75) is 51.3 Å². The van der Waals surface area contributed by atoms with E-state index in [4.69, 9.17) is 9.47 Å². The first kappa shape index (κ1) is 17.7. The maximum absolute atomic E-state index is 5.84. The summed E-state index contributed by atoms with van der Waals surface area (Å²) in [7, 11) is 4.02. The zero-order valence-corrected chi connectivity index (χ0v) is 15.5. The minimum absolute atomic E-state index is 0.321. The molecule has 0 unspecified atom stereocenters. The van der Waals surface area contributed by atoms with Gasteiger partial charge in [-0.2, -0.15) is 0 Å². The molecule has 1 aromatic rings. The third kappa shape index (κ3) is 4.50. The third-order valence-corrected chi connectivity index (χ3v) is 5.34. The zero-order chi connectivity index (χ0) is 16.9. The van der Waals surface area contributed by atoms with E-state index < -0.39 is 0 Å². The van der Waals surface area contributed by atoms with Crippen molar-refractivity contribution in [3.05, 3.63) is 29.3 Å². The van der Waals surface area contributed by atoms with Crippen molar-refractivity contribution < 1.29 is 9.47 Å². The SMILES string of the molecule is COCCCN(Cc1ccc2c(c1)C[C@@H](C)O2)C1CCN(C)CC1. The maximum Gasteiger partial charge on any atom is 0.123 e. The van der Waals surface area contributed by atoms with E-state index in [0.29, 0.717) is 12.1 Å². The van der Waals surface area contributed by atoms with Crippen molar-refractivity contribution in [3.8, 4) is 5.75 Å². The Labute approximate surface area is 146 Å². The molecule has 4 heteroatoms. The summed E-state index contributed by atoms with van der Waals surface area (Å²) >= 11 is 0. The molecule has 3 rings (SSSR count). The fourth-order valence-electron chi connectivity index (χ4n) is 3.97. The fraction of sp³-hybridized carbons (Fsp3) is 0.700. The van der Waals surface area contributed by atoms with E-state index in [-0.39, 0.29) is 0 Å². The van der Waals surface area contributed by atoms with Crippen molar-refractivity contribution in [1.82, 2.24) is 9.80 Å². The number of hydrogen-bond acceptors (Lipinski definition) is 4. The molecule has 134 valence electrons. The summed E-state index contributed by atoms with van der Waals surface area (Å²) in [6.07, 6.45) is 5.01. The van der Waals surface area contributed by atoms with Gasteiger partial charge in [-0.25, -0.2) is 0 Å². The summed E-state index contributed by atoms with van der Waals surface area (Å²) in [5, 5.41) is 0. The molecule has 0 bridgehead atoms. The van der Waals surface area contributed by atoms with Crippen LogP contribution in [0.1, 0.15) is 37.3 Å². The first-order valence-corrected chi connectivity index (χ1v) is 9.35. The van der Waals surface area contributed by atoms with Crippen molar-refractivity contribution in [2.24, 2.45) is 0 Å². The Bertz CT molecular complexity index is 526. The Balaban J connectivity index is 1.65. The molecule has 0 N–H and O–H groups in total. The van der Waals surface area contributed by atoms with E-state index in [2.05, 4.69) is 42.0 Å². The van der Waals surface area contributed by atoms with Gasteiger partial charge in [-0.1, -0.05) is 12.1 Å². The highest BCUT2D eigenvalue weighted by Gasteiger charge is 2.24. The van der Waals surface area contributed by atoms with E-state index >= 15 is 0 Å². The Kier molecular flexibility index (Phi) is 6.14. The van der Waals surface area contributed by atoms with Gasteiger partial charge in [-0.3, -0.25) is 4.90 Å². The number of methoxy groups -OCH3 is 1. The first-order valence-electron chi connectivity index (χ1n) is 9.35. The normalized spacial score (nSPS) is 21.9. The summed E-state index contributed by atoms with van der Waals surface area (Å²) in [5.41, 5.74) is 2.79. The van der Waals surface area contributed by atoms with Gasteiger partial charge in [0.15, 0.2) is 0 Å². The molecule has 4 nitrogen and oxygen atoms in total. The smallest absolute Gasteiger partial charge is 0.123 e. The molecule has 0 radical (unpaired) electrons. The highest BCUT2D eigenvalue weighted by Crippen LogP contribution is 2.30. The lowest BCUT2D eigenvalue weighted by molar-refractivity contribution is 0.0999. The summed E-state index contributed by atoms with van der Waals surface area (Å²) in [5.74, 6) is 1.08. The van der Waals surface area contributed by atoms with Crippen molar-refractivity contribution >= 4 is 0 Å². The van der Waals surface area contributed by atoms with Crippen LogP contribution in [0.15, 0.2) is 18.2 Å². The number of ether oxygens (including phenoxy) is 2. The van der Waals surface area contributed by atoms with Crippen LogP contribution in [0.25, 0.3) is 0 Å². The van der Waals surface area contributed by atoms with Crippen LogP contribution < -0.4 is 4.74 Å². The van der Waals surface area contributed by atoms with E-state index in [1.165, 1.54) is 37.1 Å². The molecule has 1 atom stereocenters. The lowest BCUT2D eigenvalue weighted by Crippen LogP contribution is -2.44. The monoisotopic (exact) mass is 332 g/mol. The van der Waals surface area contributed by atoms with Crippen LogP contribution >= 0.6 is 0 Å². The van der Waals surface area contributed by atoms with E-state index in [1.807, 2.05) is 0 Å². The Morgan fingerprint density at radius 3 is 2.83 bits per heavy atom. The first-order chi connectivity index (χ1) is 11.7. The second kappa shape index (κ2) is 8.32. The van der Waals surface area contributed by atoms with Crippen LogP contribution in [-0.4, -0.2) is 62.3 Å². The number of likely N-dealkylation sites (tertiary alicyclic amines) is 1. The minimum Gasteiger partial charge on any atom is -0.490 e. The fourth-order valence-corrected chi connectivity index (χ4v) is 3.97. The summed E-state index contributed by atoms with van der Waals surface area (Å²) in [4.78, 5) is 5.12. The van der Waals surface area contributed by atoms with Gasteiger partial charge in [0.2, 0.25) is 0 Å². The average Bonchev–Trinajstić information content (AvgIpc) is 2.94. The number of hydrogen-bond donors (Lipinski definition) is 0. The molecule has 1 aromatic carbocycles. The summed E-state index contributed by atoms with van der Waals surface area (Å²) < 4.78 is 11.1. The van der Waals surface area contributed by atoms with E-state index in [1.54, 1.807) is 7.11 Å². The largest absolute Gasteiger partial charge is 0.490 e. The third-order valence-electron chi connectivity index (χ3n) is 5.34. The van der Waals surface area contributed by atoms with Gasteiger partial charge in [0, 0.05) is 39.3 Å². The molecular weight excluding hydrogens is 300 g/mol. The summed E-state index contributed by atoms with van der Waals surface area (Å²) in [6.45, 7) is 7.57. The summed E-state index contributed by atoms with van der Waals surface area (Å²) in [6, 6.07) is 7.46. The second-order valence-corrected chi connectivity index (χ2v) is 7.43. The van der Waals surface area contributed by atoms with Crippen LogP contribution in [0, 0.1) is 0 Å². The number of rotatable bonds is 7. The van der Waals surface area contributed by atoms with Crippen LogP contribution in [0.2, 0.25) is 0 Å². The molecule has 24 heavy (non-hydrogen) atoms. The molecule has 1 fully saturated rings. The molecular formula is C20H32N2O2. The van der Waals surface area contributed by atoms with Gasteiger partial charge >= 0.3 is 0 Å². The van der Waals surface area contributed by atoms with Crippen molar-refractivity contribution in [1.29, 1.82) is 0 Å². The standard InChI is InChI=1S/C20H32N2O2/c1-16-13-18-14-17(5-6-20(18)24-16)15-22(9-4-12-23-3)19-7-10-21(2)11-8-19/h5-6,14,16,19H,4,7-13,15H2,1-3H3/t16-/m1/s1. The van der Waals surface area contributed by atoms with Gasteiger partial charge in [-0.05, 0) is 63.5 Å². The Morgan fingerprint density at radius 1 is 1.29 bits per heavy atom. The van der Waals surface area contributed by atoms with Gasteiger partial charge in [0.1, 0.15) is 11.9 Å². The number of fused-ring (bicyclic) bond motifs is 1. The lowest BCUT2D eigenvalue weighted by Gasteiger charge is -2.37. The Hall–Kier alpha value is -1.10. The molecule has 2 aliphatic heterocycles. The predicted octanol–water partition coefficient (Wildman–Crippen LogP) is 2.94. The molecule has 0 saturated carbocycles. The van der Waals surface area contributed by atoms with Crippen molar-refractivity contribution in [3.63, 3.8) is 0 Å². The second-order valence-electron chi connectivity index (χ2n) is 7.43. The molecule has 2 aliphatic rings. The van der Waals surface area contributed by atoms with Crippen LogP contribution in [-0.2, 0) is 17.7 Å². The topological polar surface area (TPSA) is 24.9 Å². The molecule has 0 aliphatic carbocycles. The highest BCUT2D eigenvalue weighted by molar-refractivity contribution is 5.40. The molecule has 1 saturated heterocycles. The van der Waals surface area contributed by atoms with Gasteiger partial charge < -0.3 is 14.4 Å². The number of nitrogens with zero attached hydrogens (tertiary/aromatic N) is 2. The average molecular weight is 332 g/mol. The quantitative estimate of drug-likeness (QED) is 0.717. The Morgan fingerprint density at radius 2 is 2.08 bits per heavy atom. The molecule has 0 amide bonds. The van der Waals surface area contributed by atoms with Crippen LogP contribution in [0.5, 0.6) is 5.75 Å². The van der Waals surface area contributed by atoms with E-state index in [0.717, 1.165) is 38.3 Å². The molecule has 0 spiro atoms. The molecule has 0 aromatic heterocycles. The maximum atomic E-state index is 5.84. The minimum atomic E-state index is 0.321. The van der Waals surface area contributed by atoms with Crippen LogP contribution in [0.4, 0.5) is 0 Å². The number of benzene rings is 1. The van der Waals surface area contributed by atoms with Crippen LogP contribution in [0.3, 0.4) is 0 Å². The zero-order valence-electron chi connectivity index (χ0n) is 15.5. The van der Waals surface area contributed by atoms with Gasteiger partial charge in [-0.15, -0.1) is 0 Å². The number of piperidine rings is 1. The van der Waals surface area contributed by atoms with E-state index in [9.17, 15) is 0 Å². The predicted molar refractivity (Wildman–Crippen MR) is 97.7 cm³/mol. The highest BCUT2D eigenvalue weighted by atomic mass is 16.5. The lowest BCUT2D eigenvalue weighted by atomic mass is 10.0. The van der Waals surface area contributed by atoms with Crippen molar-refractivity contribution in [2.75, 3.05) is 40.4 Å². The van der Waals surface area contributed by atoms with Gasteiger partial charge in [0.05, 0.1) is 0 Å².